The second-order valence-corrected chi connectivity index (χ2v) is 22.5. The smallest absolute Gasteiger partial charge is 0.0541 e. The second-order valence-electron chi connectivity index (χ2n) is 22.5. The normalized spacial score (nSPS) is 11.5. The van der Waals surface area contributed by atoms with Crippen LogP contribution in [-0.2, 0) is 0 Å². The maximum atomic E-state index is 2.43. The van der Waals surface area contributed by atoms with E-state index in [1.807, 2.05) is 0 Å². The Balaban J connectivity index is 0.747. The largest absolute Gasteiger partial charge is 0.309 e. The number of aromatic nitrogens is 2. The van der Waals surface area contributed by atoms with Crippen LogP contribution in [0.25, 0.3) is 155 Å². The van der Waals surface area contributed by atoms with Crippen LogP contribution < -0.4 is 0 Å². The minimum atomic E-state index is 1.12. The van der Waals surface area contributed by atoms with Gasteiger partial charge in [-0.3, -0.25) is 0 Å². The Hall–Kier alpha value is -11.3. The van der Waals surface area contributed by atoms with Gasteiger partial charge in [-0.2, -0.15) is 0 Å². The third kappa shape index (κ3) is 9.27. The maximum Gasteiger partial charge on any atom is 0.0541 e. The first kappa shape index (κ1) is 50.4. The molecule has 0 N–H and O–H groups in total. The zero-order valence-corrected chi connectivity index (χ0v) is 47.2. The van der Waals surface area contributed by atoms with Gasteiger partial charge in [0, 0.05) is 32.9 Å². The Morgan fingerprint density at radius 1 is 0.128 bits per heavy atom. The van der Waals surface area contributed by atoms with Crippen LogP contribution in [0, 0.1) is 0 Å². The molecular weight excluding hydrogens is 1040 g/mol. The molecule has 0 saturated carbocycles. The Bertz CT molecular complexity index is 4490. The van der Waals surface area contributed by atoms with Gasteiger partial charge in [-0.05, 0) is 173 Å². The number of rotatable bonds is 11. The highest BCUT2D eigenvalue weighted by atomic mass is 15.0. The average Bonchev–Trinajstić information content (AvgIpc) is 3.33. The Labute approximate surface area is 501 Å². The molecule has 0 saturated heterocycles. The van der Waals surface area contributed by atoms with E-state index in [0.29, 0.717) is 0 Å². The highest BCUT2D eigenvalue weighted by molar-refractivity contribution is 6.13. The van der Waals surface area contributed by atoms with Crippen LogP contribution in [0.15, 0.2) is 340 Å². The first-order valence-corrected chi connectivity index (χ1v) is 29.6. The fourth-order valence-corrected chi connectivity index (χ4v) is 12.9. The first-order chi connectivity index (χ1) is 42.6. The van der Waals surface area contributed by atoms with Gasteiger partial charge in [-0.15, -0.1) is 0 Å². The SMILES string of the molecule is c1ccc(-c2ccc(-c3ccc4c(c3)c3cc(-c5ccc(-c6ccccc6)cc5)ccc3n4-c3ccc(-c4ccc(-n5c6ccc(-c7ccc(-c8ccccc8)cc7)cc6c6cc(-c7ccc(-c8ccccc8)cc7)ccc65)cc4)cc3)cc2)cc1. The van der Waals surface area contributed by atoms with E-state index in [1.54, 1.807) is 0 Å². The fourth-order valence-electron chi connectivity index (χ4n) is 12.9. The van der Waals surface area contributed by atoms with E-state index < -0.39 is 0 Å². The van der Waals surface area contributed by atoms with Gasteiger partial charge in [-0.1, -0.05) is 267 Å². The summed E-state index contributed by atoms with van der Waals surface area (Å²) in [4.78, 5) is 0. The number of benzene rings is 14. The molecule has 16 rings (SSSR count). The lowest BCUT2D eigenvalue weighted by Crippen LogP contribution is -1.95. The summed E-state index contributed by atoms with van der Waals surface area (Å²) in [5, 5.41) is 4.89. The molecule has 402 valence electrons. The van der Waals surface area contributed by atoms with Gasteiger partial charge in [0.1, 0.15) is 0 Å². The van der Waals surface area contributed by atoms with E-state index in [4.69, 9.17) is 0 Å². The minimum absolute atomic E-state index is 1.12. The molecule has 2 nitrogen and oxygen atoms in total. The minimum Gasteiger partial charge on any atom is -0.309 e. The molecule has 0 amide bonds. The Morgan fingerprint density at radius 2 is 0.279 bits per heavy atom. The third-order valence-corrected chi connectivity index (χ3v) is 17.4. The number of nitrogens with zero attached hydrogens (tertiary/aromatic N) is 2. The van der Waals surface area contributed by atoms with Crippen molar-refractivity contribution in [2.24, 2.45) is 0 Å². The third-order valence-electron chi connectivity index (χ3n) is 17.4. The molecule has 86 heavy (non-hydrogen) atoms. The number of hydrogen-bond donors (Lipinski definition) is 0. The lowest BCUT2D eigenvalue weighted by Gasteiger charge is -2.12. The lowest BCUT2D eigenvalue weighted by atomic mass is 9.97. The molecule has 0 radical (unpaired) electrons. The highest BCUT2D eigenvalue weighted by Gasteiger charge is 2.18. The van der Waals surface area contributed by atoms with Crippen molar-refractivity contribution in [2.45, 2.75) is 0 Å². The highest BCUT2D eigenvalue weighted by Crippen LogP contribution is 2.41. The van der Waals surface area contributed by atoms with Gasteiger partial charge in [0.05, 0.1) is 22.1 Å². The molecule has 2 heterocycles. The topological polar surface area (TPSA) is 9.86 Å². The summed E-state index contributed by atoms with van der Waals surface area (Å²) in [5.74, 6) is 0. The second kappa shape index (κ2) is 21.5. The van der Waals surface area contributed by atoms with Crippen molar-refractivity contribution >= 4 is 43.6 Å². The van der Waals surface area contributed by atoms with Crippen LogP contribution in [0.1, 0.15) is 0 Å². The van der Waals surface area contributed by atoms with E-state index >= 15 is 0 Å². The summed E-state index contributed by atoms with van der Waals surface area (Å²) >= 11 is 0. The van der Waals surface area contributed by atoms with Crippen molar-refractivity contribution in [1.82, 2.24) is 9.13 Å². The van der Waals surface area contributed by atoms with E-state index in [2.05, 4.69) is 349 Å². The van der Waals surface area contributed by atoms with Gasteiger partial charge in [0.2, 0.25) is 0 Å². The average molecular weight is 1090 g/mol. The van der Waals surface area contributed by atoms with E-state index in [0.717, 1.165) is 22.5 Å². The molecule has 16 aromatic rings. The van der Waals surface area contributed by atoms with Crippen molar-refractivity contribution in [2.75, 3.05) is 0 Å². The van der Waals surface area contributed by atoms with Crippen molar-refractivity contribution in [3.8, 4) is 112 Å². The summed E-state index contributed by atoms with van der Waals surface area (Å²) in [7, 11) is 0. The van der Waals surface area contributed by atoms with Gasteiger partial charge < -0.3 is 9.13 Å². The molecule has 0 bridgehead atoms. The van der Waals surface area contributed by atoms with E-state index in [-0.39, 0.29) is 0 Å². The summed E-state index contributed by atoms with van der Waals surface area (Å²) < 4.78 is 4.86. The van der Waals surface area contributed by atoms with Crippen LogP contribution in [0.5, 0.6) is 0 Å². The standard InChI is InChI=1S/C84H56N2/c1-5-13-57(14-6-1)61-21-29-67(30-22-61)71-41-49-81-77(53-71)78-54-72(68-31-23-62(24-32-68)58-15-7-2-8-16-58)42-50-82(78)85(81)75-45-37-65(38-46-75)66-39-47-76(48-40-66)86-83-51-43-73(69-33-25-63(26-34-69)59-17-9-3-10-18-59)55-79(83)80-56-74(44-52-84(80)86)70-35-27-64(28-36-70)60-19-11-4-12-20-60/h1-56H. The van der Waals surface area contributed by atoms with Gasteiger partial charge in [-0.25, -0.2) is 0 Å². The monoisotopic (exact) mass is 1090 g/mol. The van der Waals surface area contributed by atoms with Crippen molar-refractivity contribution in [3.05, 3.63) is 340 Å². The van der Waals surface area contributed by atoms with Crippen LogP contribution in [0.2, 0.25) is 0 Å². The summed E-state index contributed by atoms with van der Waals surface area (Å²) in [6.07, 6.45) is 0. The van der Waals surface area contributed by atoms with Crippen molar-refractivity contribution in [1.29, 1.82) is 0 Å². The van der Waals surface area contributed by atoms with Crippen molar-refractivity contribution < 1.29 is 0 Å². The molecule has 0 fully saturated rings. The van der Waals surface area contributed by atoms with Crippen LogP contribution in [0.4, 0.5) is 0 Å². The Kier molecular flexibility index (Phi) is 12.6. The van der Waals surface area contributed by atoms with Gasteiger partial charge in [0.25, 0.3) is 0 Å². The zero-order chi connectivity index (χ0) is 56.9. The molecular formula is C84H56N2. The summed E-state index contributed by atoms with van der Waals surface area (Å²) in [5.41, 5.74) is 28.5. The molecule has 0 unspecified atom stereocenters. The number of hydrogen-bond acceptors (Lipinski definition) is 0. The summed E-state index contributed by atoms with van der Waals surface area (Å²) in [6, 6.07) is 124. The predicted octanol–water partition coefficient (Wildman–Crippen LogP) is 22.9. The summed E-state index contributed by atoms with van der Waals surface area (Å²) in [6.45, 7) is 0. The molecule has 0 aliphatic heterocycles. The maximum absolute atomic E-state index is 2.43. The Morgan fingerprint density at radius 3 is 0.477 bits per heavy atom. The molecule has 0 spiro atoms. The molecule has 2 aromatic heterocycles. The molecule has 0 aliphatic rings. The quantitative estimate of drug-likeness (QED) is 0.122. The van der Waals surface area contributed by atoms with E-state index in [9.17, 15) is 0 Å². The first-order valence-electron chi connectivity index (χ1n) is 29.6. The molecule has 0 aliphatic carbocycles. The predicted molar refractivity (Wildman–Crippen MR) is 364 cm³/mol. The molecule has 0 atom stereocenters. The van der Waals surface area contributed by atoms with E-state index in [1.165, 1.54) is 133 Å². The van der Waals surface area contributed by atoms with Crippen LogP contribution in [0.3, 0.4) is 0 Å². The van der Waals surface area contributed by atoms with Gasteiger partial charge in [0.15, 0.2) is 0 Å². The van der Waals surface area contributed by atoms with Crippen LogP contribution >= 0.6 is 0 Å². The zero-order valence-electron chi connectivity index (χ0n) is 47.2. The van der Waals surface area contributed by atoms with Gasteiger partial charge >= 0.3 is 0 Å². The fraction of sp³-hybridized carbons (Fsp3) is 0. The number of fused-ring (bicyclic) bond motifs is 6. The molecule has 14 aromatic carbocycles. The lowest BCUT2D eigenvalue weighted by molar-refractivity contribution is 1.18. The van der Waals surface area contributed by atoms with Crippen molar-refractivity contribution in [3.63, 3.8) is 0 Å². The molecule has 2 heteroatoms. The van der Waals surface area contributed by atoms with Crippen LogP contribution in [-0.4, -0.2) is 9.13 Å².